The van der Waals surface area contributed by atoms with E-state index < -0.39 is 0 Å². The molecule has 0 aromatic carbocycles. The summed E-state index contributed by atoms with van der Waals surface area (Å²) in [5.74, 6) is 0. The maximum atomic E-state index is 1.57. The van der Waals surface area contributed by atoms with Crippen LogP contribution in [-0.2, 0) is 0 Å². The topological polar surface area (TPSA) is 0 Å². The van der Waals surface area contributed by atoms with E-state index in [-0.39, 0.29) is 0 Å². The van der Waals surface area contributed by atoms with Crippen LogP contribution in [0.5, 0.6) is 0 Å². The third-order valence-electron chi connectivity index (χ3n) is 1.39. The summed E-state index contributed by atoms with van der Waals surface area (Å²) in [4.78, 5) is 0. The second-order valence-corrected chi connectivity index (χ2v) is 5.46. The molecule has 1 fully saturated rings. The molecule has 0 radical (unpaired) electrons. The van der Waals surface area contributed by atoms with Crippen LogP contribution in [-0.4, -0.2) is 16.5 Å². The number of hydrogen-bond donors (Lipinski definition) is 0. The van der Waals surface area contributed by atoms with E-state index in [1.807, 2.05) is 0 Å². The average Bonchev–Trinajstić information content (AvgIpc) is 1.30. The first-order chi connectivity index (χ1) is 2.39. The fraction of sp³-hybridized carbons (Fsp3) is 1.00. The fourth-order valence-corrected chi connectivity index (χ4v) is 2.33. The van der Waals surface area contributed by atoms with Crippen LogP contribution in [0.25, 0.3) is 0 Å². The van der Waals surface area contributed by atoms with Crippen molar-refractivity contribution in [3.8, 4) is 0 Å². The van der Waals surface area contributed by atoms with Crippen molar-refractivity contribution in [3.05, 3.63) is 0 Å². The van der Waals surface area contributed by atoms with Gasteiger partial charge in [0.1, 0.15) is 0 Å². The van der Waals surface area contributed by atoms with Gasteiger partial charge in [-0.05, 0) is 0 Å². The zero-order valence-electron chi connectivity index (χ0n) is 3.70. The number of rotatable bonds is 0. The predicted octanol–water partition coefficient (Wildman–Crippen LogP) is 0.324. The van der Waals surface area contributed by atoms with E-state index in [2.05, 4.69) is 0 Å². The Morgan fingerprint density at radius 1 is 1.40 bits per heavy atom. The second kappa shape index (κ2) is 1.33. The fourth-order valence-electron chi connectivity index (χ4n) is 0.612. The van der Waals surface area contributed by atoms with Crippen molar-refractivity contribution < 1.29 is 0 Å². The summed E-state index contributed by atoms with van der Waals surface area (Å²) < 4.78 is 1.25. The molecule has 0 unspecified atom stereocenters. The molecule has 1 aliphatic carbocycles. The van der Waals surface area contributed by atoms with Crippen LogP contribution < -0.4 is 0 Å². The van der Waals surface area contributed by atoms with Crippen LogP contribution in [0.4, 0.5) is 0 Å². The van der Waals surface area contributed by atoms with Crippen LogP contribution in [0.2, 0.25) is 4.75 Å². The summed E-state index contributed by atoms with van der Waals surface area (Å²) in [6.07, 6.45) is 4.67. The number of hydrogen-bond acceptors (Lipinski definition) is 0. The van der Waals surface area contributed by atoms with Crippen molar-refractivity contribution in [3.63, 3.8) is 0 Å². The third kappa shape index (κ3) is 0.686. The van der Waals surface area contributed by atoms with Gasteiger partial charge in [0.05, 0.1) is 0 Å². The Labute approximate surface area is 41.2 Å². The van der Waals surface area contributed by atoms with E-state index in [1.165, 1.54) is 11.2 Å². The maximum absolute atomic E-state index is 1.57. The van der Waals surface area contributed by atoms with Gasteiger partial charge in [-0.2, -0.15) is 0 Å². The summed E-state index contributed by atoms with van der Waals surface area (Å²) in [5.41, 5.74) is 0. The third-order valence-corrected chi connectivity index (χ3v) is 3.82. The molecule has 0 nitrogen and oxygen atoms in total. The van der Waals surface area contributed by atoms with Gasteiger partial charge in [0.25, 0.3) is 0 Å². The first-order valence-electron chi connectivity index (χ1n) is 2.39. The molecule has 1 rings (SSSR count). The molecule has 0 spiro atoms. The van der Waals surface area contributed by atoms with E-state index >= 15 is 0 Å². The summed E-state index contributed by atoms with van der Waals surface area (Å²) in [5, 5.41) is 0. The predicted molar refractivity (Wildman–Crippen MR) is 27.5 cm³/mol. The van der Waals surface area contributed by atoms with Crippen molar-refractivity contribution in [2.24, 2.45) is 0 Å². The summed E-state index contributed by atoms with van der Waals surface area (Å²) in [7, 11) is 0. The van der Waals surface area contributed by atoms with E-state index in [0.29, 0.717) is 0 Å². The molecular formula is C4H10Ge. The van der Waals surface area contributed by atoms with Crippen molar-refractivity contribution in [1.82, 2.24) is 0 Å². The molecule has 0 bridgehead atoms. The molecule has 0 N–H and O–H groups in total. The molecular weight excluding hydrogens is 121 g/mol. The molecule has 0 aliphatic heterocycles. The van der Waals surface area contributed by atoms with Gasteiger partial charge in [0.15, 0.2) is 0 Å². The van der Waals surface area contributed by atoms with E-state index in [4.69, 9.17) is 0 Å². The average molecular weight is 131 g/mol. The first kappa shape index (κ1) is 3.72. The minimum absolute atomic E-state index is 1.16. The van der Waals surface area contributed by atoms with Gasteiger partial charge < -0.3 is 0 Å². The van der Waals surface area contributed by atoms with Crippen molar-refractivity contribution in [2.45, 2.75) is 24.0 Å². The SMILES string of the molecule is [GeH3][CH]1CCC1. The Hall–Kier alpha value is 0.543. The van der Waals surface area contributed by atoms with Gasteiger partial charge in [-0.15, -0.1) is 0 Å². The van der Waals surface area contributed by atoms with Crippen LogP contribution in [0.1, 0.15) is 19.3 Å². The molecule has 0 atom stereocenters. The summed E-state index contributed by atoms with van der Waals surface area (Å²) in [6, 6.07) is 0. The minimum atomic E-state index is 1.16. The van der Waals surface area contributed by atoms with E-state index in [9.17, 15) is 0 Å². The molecule has 0 heterocycles. The van der Waals surface area contributed by atoms with Gasteiger partial charge in [-0.3, -0.25) is 0 Å². The second-order valence-electron chi connectivity index (χ2n) is 2.04. The molecule has 0 amide bonds. The van der Waals surface area contributed by atoms with Crippen LogP contribution in [0.15, 0.2) is 0 Å². The monoisotopic (exact) mass is 132 g/mol. The Bertz CT molecular complexity index is 30.6. The normalized spacial score (nSPS) is 26.4. The summed E-state index contributed by atoms with van der Waals surface area (Å²) >= 11 is 1.16. The van der Waals surface area contributed by atoms with E-state index in [1.54, 1.807) is 12.8 Å². The molecule has 0 saturated heterocycles. The van der Waals surface area contributed by atoms with Crippen LogP contribution in [0, 0.1) is 0 Å². The molecule has 30 valence electrons. The molecule has 5 heavy (non-hydrogen) atoms. The van der Waals surface area contributed by atoms with Crippen LogP contribution in [0.3, 0.4) is 0 Å². The van der Waals surface area contributed by atoms with Crippen molar-refractivity contribution >= 4 is 16.5 Å². The van der Waals surface area contributed by atoms with Gasteiger partial charge in [-0.25, -0.2) is 0 Å². The quantitative estimate of drug-likeness (QED) is 0.415. The Balaban J connectivity index is 2.08. The van der Waals surface area contributed by atoms with Crippen molar-refractivity contribution in [1.29, 1.82) is 0 Å². The Morgan fingerprint density at radius 2 is 1.80 bits per heavy atom. The summed E-state index contributed by atoms with van der Waals surface area (Å²) in [6.45, 7) is 0. The van der Waals surface area contributed by atoms with E-state index in [0.717, 1.165) is 16.5 Å². The standard InChI is InChI=1S/C4H10Ge/c5-4-2-1-3-4/h4H,1-3H2,5H3. The molecule has 0 aromatic rings. The van der Waals surface area contributed by atoms with Gasteiger partial charge >= 0.3 is 40.5 Å². The molecule has 1 saturated carbocycles. The Morgan fingerprint density at radius 3 is 1.80 bits per heavy atom. The molecule has 1 heteroatoms. The first-order valence-corrected chi connectivity index (χ1v) is 4.82. The molecule has 0 aromatic heterocycles. The van der Waals surface area contributed by atoms with Gasteiger partial charge in [-0.1, -0.05) is 0 Å². The zero-order chi connectivity index (χ0) is 3.70. The Kier molecular flexibility index (Phi) is 0.992. The zero-order valence-corrected chi connectivity index (χ0v) is 7.89. The van der Waals surface area contributed by atoms with Crippen LogP contribution >= 0.6 is 0 Å². The van der Waals surface area contributed by atoms with Crippen molar-refractivity contribution in [2.75, 3.05) is 0 Å². The van der Waals surface area contributed by atoms with Gasteiger partial charge in [0, 0.05) is 0 Å². The van der Waals surface area contributed by atoms with Gasteiger partial charge in [0.2, 0.25) is 0 Å². The molecule has 1 aliphatic rings.